The molecule has 0 saturated carbocycles. The molecular formula is C110H97B2NO5. The number of furan rings is 1. The zero-order valence-corrected chi connectivity index (χ0v) is 70.2. The summed E-state index contributed by atoms with van der Waals surface area (Å²) in [6.45, 7) is 34.0. The molecule has 7 heterocycles. The zero-order chi connectivity index (χ0) is 81.5. The first kappa shape index (κ1) is 75.3. The molecule has 0 saturated heterocycles. The lowest BCUT2D eigenvalue weighted by atomic mass is 9.34. The number of nitrogens with zero attached hydrogens (tertiary/aromatic N) is 1. The number of benzene rings is 15. The van der Waals surface area contributed by atoms with Crippen molar-refractivity contribution in [3.05, 3.63) is 343 Å². The van der Waals surface area contributed by atoms with Gasteiger partial charge < -0.3 is 27.8 Å². The number of ether oxygens (including phenoxy) is 4. The van der Waals surface area contributed by atoms with E-state index in [2.05, 4.69) is 381 Å². The van der Waals surface area contributed by atoms with Crippen LogP contribution in [0.2, 0.25) is 0 Å². The Morgan fingerprint density at radius 1 is 0.237 bits per heavy atom. The van der Waals surface area contributed by atoms with Crippen LogP contribution >= 0.6 is 0 Å². The smallest absolute Gasteiger partial charge is 0.260 e. The van der Waals surface area contributed by atoms with Gasteiger partial charge in [0, 0.05) is 48.8 Å². The fraction of sp³-hybridized carbons (Fsp3) is 0.182. The van der Waals surface area contributed by atoms with E-state index < -0.39 is 0 Å². The Labute approximate surface area is 694 Å². The summed E-state index contributed by atoms with van der Waals surface area (Å²) in [6.07, 6.45) is 0. The first-order valence-corrected chi connectivity index (χ1v) is 41.7. The van der Waals surface area contributed by atoms with Crippen molar-refractivity contribution in [2.24, 2.45) is 0 Å². The molecule has 5 aliphatic rings. The van der Waals surface area contributed by atoms with E-state index in [1.165, 1.54) is 143 Å². The number of aromatic nitrogens is 1. The molecule has 0 bridgehead atoms. The highest BCUT2D eigenvalue weighted by molar-refractivity contribution is 6.99. The first-order chi connectivity index (χ1) is 56.7. The third-order valence-electron chi connectivity index (χ3n) is 24.4. The number of para-hydroxylation sites is 8. The maximum atomic E-state index is 6.42. The Kier molecular flexibility index (Phi) is 18.2. The predicted octanol–water partition coefficient (Wildman–Crippen LogP) is 26.4. The summed E-state index contributed by atoms with van der Waals surface area (Å²) in [7, 11) is 0. The van der Waals surface area contributed by atoms with Crippen molar-refractivity contribution in [1.82, 2.24) is 4.40 Å². The molecule has 0 amide bonds. The Hall–Kier alpha value is -12.8. The molecule has 3 aromatic heterocycles. The van der Waals surface area contributed by atoms with Crippen molar-refractivity contribution in [3.8, 4) is 90.5 Å². The van der Waals surface area contributed by atoms with E-state index in [-0.39, 0.29) is 40.5 Å². The van der Waals surface area contributed by atoms with Gasteiger partial charge in [-0.25, -0.2) is 0 Å². The highest BCUT2D eigenvalue weighted by atomic mass is 16.5. The fourth-order valence-electron chi connectivity index (χ4n) is 18.3. The van der Waals surface area contributed by atoms with Gasteiger partial charge in [0.05, 0.1) is 16.6 Å². The normalized spacial score (nSPS) is 13.1. The van der Waals surface area contributed by atoms with E-state index in [1.54, 1.807) is 0 Å². The van der Waals surface area contributed by atoms with E-state index in [4.69, 9.17) is 23.4 Å². The molecule has 8 heteroatoms. The van der Waals surface area contributed by atoms with Gasteiger partial charge in [-0.3, -0.25) is 0 Å². The van der Waals surface area contributed by atoms with E-state index in [0.29, 0.717) is 0 Å². The molecule has 0 spiro atoms. The maximum Gasteiger partial charge on any atom is 0.260 e. The van der Waals surface area contributed by atoms with Gasteiger partial charge in [-0.2, -0.15) is 0 Å². The van der Waals surface area contributed by atoms with Crippen molar-refractivity contribution >= 4 is 106 Å². The van der Waals surface area contributed by atoms with E-state index in [0.717, 1.165) is 68.1 Å². The van der Waals surface area contributed by atoms with Gasteiger partial charge in [0.2, 0.25) is 0 Å². The van der Waals surface area contributed by atoms with Crippen LogP contribution in [0.25, 0.3) is 105 Å². The van der Waals surface area contributed by atoms with E-state index >= 15 is 0 Å². The minimum atomic E-state index is -0.00182. The minimum Gasteiger partial charge on any atom is -0.458 e. The lowest BCUT2D eigenvalue weighted by Gasteiger charge is -2.35. The van der Waals surface area contributed by atoms with Crippen LogP contribution in [0, 0.1) is 0 Å². The van der Waals surface area contributed by atoms with Crippen LogP contribution in [0.1, 0.15) is 132 Å². The molecular weight excluding hydrogens is 1440 g/mol. The van der Waals surface area contributed by atoms with Crippen molar-refractivity contribution in [2.75, 3.05) is 0 Å². The van der Waals surface area contributed by atoms with E-state index in [1.807, 2.05) is 42.5 Å². The largest absolute Gasteiger partial charge is 0.458 e. The molecule has 0 N–H and O–H groups in total. The van der Waals surface area contributed by atoms with Gasteiger partial charge in [-0.15, -0.1) is 0 Å². The average molecular weight is 1530 g/mol. The standard InChI is InChI=1S/C28H24.2C22H19BO2.C22H19N.C16H16O/c1-28(2,3)19-16-17-26-24-14-7-6-12-22(24)20-10-4-5-11-21(20)23-13-8-9-15-25(23)27(26)18-19;1-22(2,3)14-12-19-21-20(13-14)25-18-11-7-5-9-16(18)23(21)15-8-4-6-10-17(15)24-19;1-22(2,3)14-12-13-19-20-21(14)25-18-11-7-5-9-16(18)23(20)15-8-4-6-10-17(15)24-19;1-22(2,3)14-12-17-15-8-4-6-10-19(15)23-20-11-7-5-9-16(20)18(13-14)21(17)23;1-16(2,3)13-9-6-8-12-11-7-4-5-10-14(11)17-15(12)13/h4-18H,1-3H3;2*4-13H,1-3H3;4-13H,1-3H3;4-10H,1-3H3. The third kappa shape index (κ3) is 13.1. The first-order valence-electron chi connectivity index (χ1n) is 41.7. The average Bonchev–Trinajstić information content (AvgIpc) is 1.11. The molecule has 0 atom stereocenters. The van der Waals surface area contributed by atoms with Crippen molar-refractivity contribution in [2.45, 2.75) is 131 Å². The molecule has 0 unspecified atom stereocenters. The van der Waals surface area contributed by atoms with E-state index in [9.17, 15) is 0 Å². The van der Waals surface area contributed by atoms with Crippen LogP contribution in [-0.4, -0.2) is 17.8 Å². The van der Waals surface area contributed by atoms with Crippen LogP contribution in [0.15, 0.2) is 320 Å². The Balaban J connectivity index is 0.0000000987. The van der Waals surface area contributed by atoms with Crippen molar-refractivity contribution in [1.29, 1.82) is 0 Å². The number of hydrogen-bond acceptors (Lipinski definition) is 5. The molecule has 23 rings (SSSR count). The van der Waals surface area contributed by atoms with Gasteiger partial charge in [0.15, 0.2) is 0 Å². The van der Waals surface area contributed by atoms with Crippen molar-refractivity contribution in [3.63, 3.8) is 0 Å². The van der Waals surface area contributed by atoms with Crippen LogP contribution in [-0.2, 0) is 27.1 Å². The quantitative estimate of drug-likeness (QED) is 0.142. The second-order valence-corrected chi connectivity index (χ2v) is 37.4. The molecule has 0 radical (unpaired) electrons. The molecule has 15 aromatic carbocycles. The minimum absolute atomic E-state index is 0.00182. The van der Waals surface area contributed by atoms with Gasteiger partial charge in [0.1, 0.15) is 57.2 Å². The monoisotopic (exact) mass is 1530 g/mol. The maximum absolute atomic E-state index is 6.42. The molecule has 18 aromatic rings. The lowest BCUT2D eigenvalue weighted by molar-refractivity contribution is 0.446. The lowest BCUT2D eigenvalue weighted by Crippen LogP contribution is -2.57. The van der Waals surface area contributed by atoms with Gasteiger partial charge in [-0.05, 0) is 195 Å². The van der Waals surface area contributed by atoms with Gasteiger partial charge in [0.25, 0.3) is 13.4 Å². The molecule has 1 aliphatic carbocycles. The number of rotatable bonds is 0. The highest BCUT2D eigenvalue weighted by Gasteiger charge is 2.44. The molecule has 118 heavy (non-hydrogen) atoms. The SMILES string of the molecule is CC(C)(C)c1cc2c3c(c1)Oc1ccccc1B3c1ccccc1O2.CC(C)(C)c1cc2c3ccccc3n3c4ccccc4c(c1)c23.CC(C)(C)c1ccc2c(c1)-c1ccccc1-c1ccccc1-c1ccccc1-2.CC(C)(C)c1ccc2c3c1Oc1ccccc1B3c1ccccc1O2.CC(C)(C)c1cccc2c1oc1ccccc12. The van der Waals surface area contributed by atoms with Gasteiger partial charge >= 0.3 is 0 Å². The fourth-order valence-corrected chi connectivity index (χ4v) is 18.3. The second kappa shape index (κ2) is 28.6. The van der Waals surface area contributed by atoms with Crippen LogP contribution in [0.4, 0.5) is 0 Å². The van der Waals surface area contributed by atoms with Crippen LogP contribution in [0.5, 0.6) is 46.0 Å². The van der Waals surface area contributed by atoms with Crippen LogP contribution < -0.4 is 51.7 Å². The van der Waals surface area contributed by atoms with Crippen LogP contribution in [0.3, 0.4) is 0 Å². The highest BCUT2D eigenvalue weighted by Crippen LogP contribution is 2.50. The summed E-state index contributed by atoms with van der Waals surface area (Å²) in [5, 5.41) is 7.87. The molecule has 4 aliphatic heterocycles. The third-order valence-corrected chi connectivity index (χ3v) is 24.4. The summed E-state index contributed by atoms with van der Waals surface area (Å²) < 4.78 is 33.7. The Morgan fingerprint density at radius 2 is 0.610 bits per heavy atom. The van der Waals surface area contributed by atoms with Gasteiger partial charge in [-0.1, -0.05) is 340 Å². The summed E-state index contributed by atoms with van der Waals surface area (Å²) in [5.74, 6) is 7.46. The topological polar surface area (TPSA) is 54.5 Å². The Morgan fingerprint density at radius 3 is 1.08 bits per heavy atom. The number of fused-ring (bicyclic) bond motifs is 25. The van der Waals surface area contributed by atoms with Crippen molar-refractivity contribution < 1.29 is 23.4 Å². The summed E-state index contributed by atoms with van der Waals surface area (Å²) >= 11 is 0. The number of hydrogen-bond donors (Lipinski definition) is 0. The summed E-state index contributed by atoms with van der Waals surface area (Å²) in [5.41, 5.74) is 30.4. The second-order valence-electron chi connectivity index (χ2n) is 37.4. The Bertz CT molecular complexity index is 6830. The zero-order valence-electron chi connectivity index (χ0n) is 70.2. The molecule has 0 fully saturated rings. The predicted molar refractivity (Wildman–Crippen MR) is 498 cm³/mol. The summed E-state index contributed by atoms with van der Waals surface area (Å²) in [4.78, 5) is 0. The molecule has 6 nitrogen and oxygen atoms in total. The molecule has 578 valence electrons. The summed E-state index contributed by atoms with van der Waals surface area (Å²) in [6, 6.07) is 112.